The second-order valence-corrected chi connectivity index (χ2v) is 4.37. The number of hydrogen-bond acceptors (Lipinski definition) is 2. The van der Waals surface area contributed by atoms with Crippen LogP contribution in [-0.4, -0.2) is 12.0 Å². The standard InChI is InChI=1S/C15H18N2/c1-11-4-6-13(9-16-3)8-15(11)14-7-5-12(2)17-10-14/h4-8,10,16H,9H2,1-3H3. The lowest BCUT2D eigenvalue weighted by Crippen LogP contribution is -2.05. The molecule has 17 heavy (non-hydrogen) atoms. The minimum absolute atomic E-state index is 0.895. The summed E-state index contributed by atoms with van der Waals surface area (Å²) < 4.78 is 0. The molecule has 0 saturated carbocycles. The lowest BCUT2D eigenvalue weighted by atomic mass is 9.99. The monoisotopic (exact) mass is 226 g/mol. The summed E-state index contributed by atoms with van der Waals surface area (Å²) in [6.45, 7) is 5.04. The van der Waals surface area contributed by atoms with Gasteiger partial charge in [0.15, 0.2) is 0 Å². The zero-order valence-corrected chi connectivity index (χ0v) is 10.6. The van der Waals surface area contributed by atoms with Crippen LogP contribution in [0, 0.1) is 13.8 Å². The Labute approximate surface area is 103 Å². The van der Waals surface area contributed by atoms with Gasteiger partial charge in [-0.25, -0.2) is 0 Å². The van der Waals surface area contributed by atoms with E-state index in [0.29, 0.717) is 0 Å². The molecule has 0 amide bonds. The zero-order chi connectivity index (χ0) is 12.3. The molecule has 0 radical (unpaired) electrons. The number of aryl methyl sites for hydroxylation is 2. The van der Waals surface area contributed by atoms with Crippen LogP contribution in [0.5, 0.6) is 0 Å². The third kappa shape index (κ3) is 2.71. The van der Waals surface area contributed by atoms with E-state index >= 15 is 0 Å². The molecule has 0 fully saturated rings. The van der Waals surface area contributed by atoms with Crippen molar-refractivity contribution in [3.05, 3.63) is 53.3 Å². The molecule has 0 atom stereocenters. The van der Waals surface area contributed by atoms with Crippen LogP contribution >= 0.6 is 0 Å². The molecule has 2 heteroatoms. The lowest BCUT2D eigenvalue weighted by Gasteiger charge is -2.09. The average molecular weight is 226 g/mol. The highest BCUT2D eigenvalue weighted by Crippen LogP contribution is 2.24. The van der Waals surface area contributed by atoms with Crippen molar-refractivity contribution in [2.24, 2.45) is 0 Å². The normalized spacial score (nSPS) is 10.5. The molecule has 2 aromatic rings. The van der Waals surface area contributed by atoms with E-state index in [1.54, 1.807) is 0 Å². The molecule has 2 nitrogen and oxygen atoms in total. The fraction of sp³-hybridized carbons (Fsp3) is 0.267. The van der Waals surface area contributed by atoms with Gasteiger partial charge in [0.25, 0.3) is 0 Å². The van der Waals surface area contributed by atoms with E-state index in [4.69, 9.17) is 0 Å². The first-order chi connectivity index (χ1) is 8.20. The Balaban J connectivity index is 2.42. The third-order valence-corrected chi connectivity index (χ3v) is 2.91. The van der Waals surface area contributed by atoms with Crippen LogP contribution < -0.4 is 5.32 Å². The molecule has 1 N–H and O–H groups in total. The molecular formula is C15H18N2. The van der Waals surface area contributed by atoms with Crippen LogP contribution in [-0.2, 0) is 6.54 Å². The van der Waals surface area contributed by atoms with Gasteiger partial charge in [0.2, 0.25) is 0 Å². The van der Waals surface area contributed by atoms with Crippen molar-refractivity contribution < 1.29 is 0 Å². The van der Waals surface area contributed by atoms with Gasteiger partial charge in [-0.2, -0.15) is 0 Å². The number of nitrogens with zero attached hydrogens (tertiary/aromatic N) is 1. The Hall–Kier alpha value is -1.67. The highest BCUT2D eigenvalue weighted by Gasteiger charge is 2.03. The van der Waals surface area contributed by atoms with Crippen LogP contribution in [0.4, 0.5) is 0 Å². The number of pyridine rings is 1. The van der Waals surface area contributed by atoms with Gasteiger partial charge in [-0.3, -0.25) is 4.98 Å². The summed E-state index contributed by atoms with van der Waals surface area (Å²) in [5, 5.41) is 3.18. The zero-order valence-electron chi connectivity index (χ0n) is 10.6. The summed E-state index contributed by atoms with van der Waals surface area (Å²) in [4.78, 5) is 4.36. The van der Waals surface area contributed by atoms with E-state index in [-0.39, 0.29) is 0 Å². The van der Waals surface area contributed by atoms with E-state index in [1.807, 2.05) is 20.2 Å². The molecule has 0 unspecified atom stereocenters. The first-order valence-electron chi connectivity index (χ1n) is 5.88. The van der Waals surface area contributed by atoms with Gasteiger partial charge in [-0.15, -0.1) is 0 Å². The molecule has 2 rings (SSSR count). The number of rotatable bonds is 3. The molecule has 0 saturated heterocycles. The van der Waals surface area contributed by atoms with Crippen LogP contribution in [0.25, 0.3) is 11.1 Å². The second kappa shape index (κ2) is 5.11. The van der Waals surface area contributed by atoms with E-state index in [1.165, 1.54) is 22.3 Å². The summed E-state index contributed by atoms with van der Waals surface area (Å²) in [7, 11) is 1.97. The summed E-state index contributed by atoms with van der Waals surface area (Å²) in [6, 6.07) is 10.8. The van der Waals surface area contributed by atoms with Gasteiger partial charge >= 0.3 is 0 Å². The first-order valence-corrected chi connectivity index (χ1v) is 5.88. The van der Waals surface area contributed by atoms with E-state index in [0.717, 1.165) is 12.2 Å². The van der Waals surface area contributed by atoms with Crippen molar-refractivity contribution in [1.29, 1.82) is 0 Å². The molecule has 0 aliphatic rings. The van der Waals surface area contributed by atoms with E-state index < -0.39 is 0 Å². The van der Waals surface area contributed by atoms with Crippen molar-refractivity contribution in [1.82, 2.24) is 10.3 Å². The summed E-state index contributed by atoms with van der Waals surface area (Å²) in [6.07, 6.45) is 1.95. The molecule has 1 heterocycles. The molecular weight excluding hydrogens is 208 g/mol. The second-order valence-electron chi connectivity index (χ2n) is 4.37. The highest BCUT2D eigenvalue weighted by molar-refractivity contribution is 5.67. The molecule has 1 aromatic heterocycles. The molecule has 0 bridgehead atoms. The van der Waals surface area contributed by atoms with Gasteiger partial charge in [-0.05, 0) is 49.7 Å². The predicted octanol–water partition coefficient (Wildman–Crippen LogP) is 3.08. The van der Waals surface area contributed by atoms with Crippen LogP contribution in [0.15, 0.2) is 36.5 Å². The van der Waals surface area contributed by atoms with Gasteiger partial charge in [0.1, 0.15) is 0 Å². The fourth-order valence-corrected chi connectivity index (χ4v) is 1.92. The van der Waals surface area contributed by atoms with Crippen molar-refractivity contribution in [3.63, 3.8) is 0 Å². The van der Waals surface area contributed by atoms with Crippen LogP contribution in [0.2, 0.25) is 0 Å². The average Bonchev–Trinajstić information content (AvgIpc) is 2.33. The maximum absolute atomic E-state index is 4.36. The SMILES string of the molecule is CNCc1ccc(C)c(-c2ccc(C)nc2)c1. The number of benzene rings is 1. The maximum atomic E-state index is 4.36. The van der Waals surface area contributed by atoms with Crippen molar-refractivity contribution in [3.8, 4) is 11.1 Å². The quantitative estimate of drug-likeness (QED) is 0.870. The Morgan fingerprint density at radius 2 is 1.94 bits per heavy atom. The largest absolute Gasteiger partial charge is 0.316 e. The number of nitrogens with one attached hydrogen (secondary N) is 1. The minimum Gasteiger partial charge on any atom is -0.316 e. The first kappa shape index (κ1) is 11.8. The Bertz CT molecular complexity index is 501. The summed E-state index contributed by atoms with van der Waals surface area (Å²) in [5.74, 6) is 0. The Morgan fingerprint density at radius 3 is 2.59 bits per heavy atom. The molecule has 0 spiro atoms. The van der Waals surface area contributed by atoms with Crippen molar-refractivity contribution in [2.45, 2.75) is 20.4 Å². The minimum atomic E-state index is 0.895. The van der Waals surface area contributed by atoms with Crippen LogP contribution in [0.1, 0.15) is 16.8 Å². The molecule has 0 aliphatic heterocycles. The summed E-state index contributed by atoms with van der Waals surface area (Å²) >= 11 is 0. The van der Waals surface area contributed by atoms with Crippen molar-refractivity contribution in [2.75, 3.05) is 7.05 Å². The van der Waals surface area contributed by atoms with Gasteiger partial charge in [-0.1, -0.05) is 18.2 Å². The number of hydrogen-bond donors (Lipinski definition) is 1. The Kier molecular flexibility index (Phi) is 3.55. The van der Waals surface area contributed by atoms with Crippen LogP contribution in [0.3, 0.4) is 0 Å². The highest BCUT2D eigenvalue weighted by atomic mass is 14.8. The van der Waals surface area contributed by atoms with Gasteiger partial charge < -0.3 is 5.32 Å². The predicted molar refractivity (Wildman–Crippen MR) is 71.9 cm³/mol. The van der Waals surface area contributed by atoms with Gasteiger partial charge in [0, 0.05) is 24.0 Å². The maximum Gasteiger partial charge on any atom is 0.0373 e. The van der Waals surface area contributed by atoms with Gasteiger partial charge in [0.05, 0.1) is 0 Å². The topological polar surface area (TPSA) is 24.9 Å². The molecule has 88 valence electrons. The van der Waals surface area contributed by atoms with E-state index in [2.05, 4.69) is 47.6 Å². The molecule has 0 aliphatic carbocycles. The number of aromatic nitrogens is 1. The third-order valence-electron chi connectivity index (χ3n) is 2.91. The van der Waals surface area contributed by atoms with E-state index in [9.17, 15) is 0 Å². The smallest absolute Gasteiger partial charge is 0.0373 e. The molecule has 1 aromatic carbocycles. The Morgan fingerprint density at radius 1 is 1.12 bits per heavy atom. The summed E-state index contributed by atoms with van der Waals surface area (Å²) in [5.41, 5.74) is 6.10. The lowest BCUT2D eigenvalue weighted by molar-refractivity contribution is 0.818. The van der Waals surface area contributed by atoms with Crippen molar-refractivity contribution >= 4 is 0 Å². The fourth-order valence-electron chi connectivity index (χ4n) is 1.92.